The summed E-state index contributed by atoms with van der Waals surface area (Å²) in [6.07, 6.45) is 0.964. The Labute approximate surface area is 189 Å². The zero-order valence-electron chi connectivity index (χ0n) is 16.4. The van der Waals surface area contributed by atoms with Crippen LogP contribution in [0.15, 0.2) is 47.6 Å². The van der Waals surface area contributed by atoms with Crippen LogP contribution in [0.25, 0.3) is 10.8 Å². The number of rotatable bonds is 8. The summed E-state index contributed by atoms with van der Waals surface area (Å²) in [7, 11) is 0. The summed E-state index contributed by atoms with van der Waals surface area (Å²) in [6.45, 7) is 7.56. The molecule has 0 heterocycles. The van der Waals surface area contributed by atoms with Crippen molar-refractivity contribution in [2.45, 2.75) is 70.2 Å². The molecule has 0 saturated heterocycles. The summed E-state index contributed by atoms with van der Waals surface area (Å²) in [5.74, 6) is -1.46. The molecule has 0 aliphatic heterocycles. The minimum atomic E-state index is -0.422. The Kier molecular flexibility index (Phi) is 17.1. The average molecular weight is 434 g/mol. The standard InChI is InChI=1S/C22H27NO4.4CH4/c1-5-17(13-15(3)21(24)26-6-2)22(25)27-23-16(4)19-12-11-18-9-7-8-10-20(18)14-19;;;;/h7-12,14-15,17H,5-6,13H2,1-4H3;4*1H4. The van der Waals surface area contributed by atoms with Crippen molar-refractivity contribution in [2.75, 3.05) is 6.61 Å². The summed E-state index contributed by atoms with van der Waals surface area (Å²) in [4.78, 5) is 29.3. The van der Waals surface area contributed by atoms with Gasteiger partial charge in [-0.15, -0.1) is 0 Å². The normalized spacial score (nSPS) is 12.1. The molecule has 0 aliphatic rings. The fourth-order valence-corrected chi connectivity index (χ4v) is 2.89. The third-order valence-electron chi connectivity index (χ3n) is 4.59. The maximum atomic E-state index is 12.4. The van der Waals surface area contributed by atoms with E-state index in [1.54, 1.807) is 20.8 Å². The maximum Gasteiger partial charge on any atom is 0.338 e. The molecule has 0 radical (unpaired) electrons. The first-order valence-electron chi connectivity index (χ1n) is 9.37. The number of carbonyl (C=O) groups is 2. The van der Waals surface area contributed by atoms with E-state index >= 15 is 0 Å². The molecule has 176 valence electrons. The fourth-order valence-electron chi connectivity index (χ4n) is 2.89. The van der Waals surface area contributed by atoms with E-state index in [0.29, 0.717) is 25.2 Å². The topological polar surface area (TPSA) is 65.0 Å². The molecule has 31 heavy (non-hydrogen) atoms. The molecule has 0 N–H and O–H groups in total. The lowest BCUT2D eigenvalue weighted by atomic mass is 9.94. The van der Waals surface area contributed by atoms with E-state index in [4.69, 9.17) is 9.57 Å². The maximum absolute atomic E-state index is 12.4. The lowest BCUT2D eigenvalue weighted by Crippen LogP contribution is -2.23. The lowest BCUT2D eigenvalue weighted by molar-refractivity contribution is -0.152. The summed E-state index contributed by atoms with van der Waals surface area (Å²) in [5.41, 5.74) is 1.52. The monoisotopic (exact) mass is 433 g/mol. The Bertz CT molecular complexity index is 829. The molecular formula is C26H43NO4. The van der Waals surface area contributed by atoms with Gasteiger partial charge in [0.2, 0.25) is 0 Å². The van der Waals surface area contributed by atoms with Crippen molar-refractivity contribution in [3.63, 3.8) is 0 Å². The number of fused-ring (bicyclic) bond motifs is 1. The van der Waals surface area contributed by atoms with Gasteiger partial charge >= 0.3 is 11.9 Å². The van der Waals surface area contributed by atoms with Crippen molar-refractivity contribution in [1.82, 2.24) is 0 Å². The van der Waals surface area contributed by atoms with Crippen LogP contribution in [0.1, 0.15) is 75.8 Å². The van der Waals surface area contributed by atoms with Crippen LogP contribution >= 0.6 is 0 Å². The highest BCUT2D eigenvalue weighted by atomic mass is 16.7. The molecule has 2 atom stereocenters. The lowest BCUT2D eigenvalue weighted by Gasteiger charge is -2.16. The van der Waals surface area contributed by atoms with E-state index in [1.807, 2.05) is 49.4 Å². The van der Waals surface area contributed by atoms with E-state index in [2.05, 4.69) is 5.16 Å². The quantitative estimate of drug-likeness (QED) is 0.190. The number of ether oxygens (including phenoxy) is 1. The van der Waals surface area contributed by atoms with Crippen LogP contribution in [0, 0.1) is 11.8 Å². The molecule has 0 spiro atoms. The second kappa shape index (κ2) is 16.1. The third-order valence-corrected chi connectivity index (χ3v) is 4.59. The van der Waals surface area contributed by atoms with E-state index in [1.165, 1.54) is 0 Å². The highest BCUT2D eigenvalue weighted by molar-refractivity contribution is 6.01. The number of hydrogen-bond acceptors (Lipinski definition) is 5. The van der Waals surface area contributed by atoms with Gasteiger partial charge in [0, 0.05) is 0 Å². The number of benzene rings is 2. The van der Waals surface area contributed by atoms with Gasteiger partial charge in [-0.3, -0.25) is 4.79 Å². The first-order chi connectivity index (χ1) is 13.0. The van der Waals surface area contributed by atoms with Gasteiger partial charge in [0.05, 0.1) is 24.2 Å². The third kappa shape index (κ3) is 9.33. The highest BCUT2D eigenvalue weighted by Gasteiger charge is 2.25. The summed E-state index contributed by atoms with van der Waals surface area (Å²) in [5, 5.41) is 6.26. The second-order valence-electron chi connectivity index (χ2n) is 6.64. The number of carbonyl (C=O) groups excluding carboxylic acids is 2. The van der Waals surface area contributed by atoms with Crippen LogP contribution in [0.4, 0.5) is 0 Å². The van der Waals surface area contributed by atoms with Crippen LogP contribution in [-0.2, 0) is 19.2 Å². The van der Waals surface area contributed by atoms with E-state index in [9.17, 15) is 9.59 Å². The zero-order valence-corrected chi connectivity index (χ0v) is 16.4. The van der Waals surface area contributed by atoms with Crippen molar-refractivity contribution in [1.29, 1.82) is 0 Å². The molecule has 2 unspecified atom stereocenters. The van der Waals surface area contributed by atoms with Gasteiger partial charge in [-0.2, -0.15) is 0 Å². The molecule has 0 bridgehead atoms. The minimum absolute atomic E-state index is 0. The Morgan fingerprint density at radius 3 is 2.13 bits per heavy atom. The Morgan fingerprint density at radius 2 is 1.55 bits per heavy atom. The highest BCUT2D eigenvalue weighted by Crippen LogP contribution is 2.20. The van der Waals surface area contributed by atoms with E-state index in [0.717, 1.165) is 16.3 Å². The van der Waals surface area contributed by atoms with Gasteiger partial charge in [-0.25, -0.2) is 4.79 Å². The van der Waals surface area contributed by atoms with Crippen molar-refractivity contribution in [2.24, 2.45) is 17.0 Å². The van der Waals surface area contributed by atoms with Crippen LogP contribution in [-0.4, -0.2) is 24.3 Å². The molecule has 2 aromatic carbocycles. The van der Waals surface area contributed by atoms with Gasteiger partial charge in [0.15, 0.2) is 0 Å². The van der Waals surface area contributed by atoms with Gasteiger partial charge < -0.3 is 9.57 Å². The number of esters is 1. The molecule has 0 amide bonds. The predicted molar refractivity (Wildman–Crippen MR) is 133 cm³/mol. The molecule has 0 aliphatic carbocycles. The molecule has 0 saturated carbocycles. The van der Waals surface area contributed by atoms with E-state index < -0.39 is 11.9 Å². The largest absolute Gasteiger partial charge is 0.466 e. The number of nitrogens with zero attached hydrogens (tertiary/aromatic N) is 1. The number of hydrogen-bond donors (Lipinski definition) is 0. The summed E-state index contributed by atoms with van der Waals surface area (Å²) < 4.78 is 5.00. The Balaban J connectivity index is -0.00000196. The van der Waals surface area contributed by atoms with Gasteiger partial charge in [0.1, 0.15) is 0 Å². The summed E-state index contributed by atoms with van der Waals surface area (Å²) >= 11 is 0. The second-order valence-corrected chi connectivity index (χ2v) is 6.64. The first kappa shape index (κ1) is 33.0. The zero-order chi connectivity index (χ0) is 19.8. The van der Waals surface area contributed by atoms with E-state index in [-0.39, 0.29) is 41.6 Å². The van der Waals surface area contributed by atoms with Crippen molar-refractivity contribution in [3.05, 3.63) is 48.0 Å². The fraction of sp³-hybridized carbons (Fsp3) is 0.500. The first-order valence-corrected chi connectivity index (χ1v) is 9.37. The van der Waals surface area contributed by atoms with Crippen molar-refractivity contribution >= 4 is 28.4 Å². The molecule has 0 fully saturated rings. The molecule has 2 aromatic rings. The SMILES string of the molecule is C.C.C.C.CCOC(=O)C(C)CC(CC)C(=O)ON=C(C)c1ccc2ccccc2c1. The smallest absolute Gasteiger partial charge is 0.338 e. The van der Waals surface area contributed by atoms with Crippen LogP contribution < -0.4 is 0 Å². The minimum Gasteiger partial charge on any atom is -0.466 e. The predicted octanol–water partition coefficient (Wildman–Crippen LogP) is 7.27. The van der Waals surface area contributed by atoms with Gasteiger partial charge in [-0.05, 0) is 49.1 Å². The van der Waals surface area contributed by atoms with Crippen molar-refractivity contribution < 1.29 is 19.2 Å². The Hall–Kier alpha value is -2.69. The van der Waals surface area contributed by atoms with Crippen molar-refractivity contribution in [3.8, 4) is 0 Å². The molecule has 5 nitrogen and oxygen atoms in total. The average Bonchev–Trinajstić information content (AvgIpc) is 2.69. The number of oxime groups is 1. The molecule has 2 rings (SSSR count). The molecule has 0 aromatic heterocycles. The summed E-state index contributed by atoms with van der Waals surface area (Å²) in [6, 6.07) is 14.0. The van der Waals surface area contributed by atoms with Gasteiger partial charge in [-0.1, -0.05) is 85.1 Å². The van der Waals surface area contributed by atoms with Crippen LogP contribution in [0.3, 0.4) is 0 Å². The molecule has 5 heteroatoms. The van der Waals surface area contributed by atoms with Gasteiger partial charge in [0.25, 0.3) is 0 Å². The Morgan fingerprint density at radius 1 is 0.935 bits per heavy atom. The van der Waals surface area contributed by atoms with Crippen LogP contribution in [0.5, 0.6) is 0 Å². The molecular weight excluding hydrogens is 390 g/mol. The van der Waals surface area contributed by atoms with Crippen LogP contribution in [0.2, 0.25) is 0 Å².